The van der Waals surface area contributed by atoms with E-state index in [1.807, 2.05) is 0 Å². The fourth-order valence-corrected chi connectivity index (χ4v) is 2.70. The number of carbonyl (C=O) groups excluding carboxylic acids is 2. The van der Waals surface area contributed by atoms with Crippen molar-refractivity contribution in [1.29, 1.82) is 0 Å². The van der Waals surface area contributed by atoms with Gasteiger partial charge in [0.2, 0.25) is 0 Å². The number of hydrogen-bond acceptors (Lipinski definition) is 7. The molecule has 0 spiro atoms. The van der Waals surface area contributed by atoms with Gasteiger partial charge in [0.05, 0.1) is 5.56 Å². The average molecular weight is 342 g/mol. The summed E-state index contributed by atoms with van der Waals surface area (Å²) in [5, 5.41) is 9.69. The molecule has 0 unspecified atom stereocenters. The van der Waals surface area contributed by atoms with Gasteiger partial charge < -0.3 is 13.8 Å². The van der Waals surface area contributed by atoms with Gasteiger partial charge in [0.15, 0.2) is 23.1 Å². The first-order valence-electron chi connectivity index (χ1n) is 5.99. The van der Waals surface area contributed by atoms with E-state index in [1.54, 1.807) is 6.07 Å². The molecule has 0 aliphatic heterocycles. The summed E-state index contributed by atoms with van der Waals surface area (Å²) in [5.41, 5.74) is -0.386. The van der Waals surface area contributed by atoms with E-state index in [0.717, 1.165) is 6.07 Å². The van der Waals surface area contributed by atoms with Crippen LogP contribution in [0.3, 0.4) is 0 Å². The van der Waals surface area contributed by atoms with E-state index >= 15 is 0 Å². The Kier molecular flexibility index (Phi) is 4.65. The Hall–Kier alpha value is -1.71. The van der Waals surface area contributed by atoms with E-state index in [2.05, 4.69) is 4.18 Å². The Balaban J connectivity index is 0.00000192. The first-order chi connectivity index (χ1) is 10.3. The van der Waals surface area contributed by atoms with Gasteiger partial charge in [-0.1, -0.05) is 24.3 Å². The number of ketones is 2. The van der Waals surface area contributed by atoms with Crippen molar-refractivity contribution < 1.29 is 61.4 Å². The molecule has 1 aliphatic rings. The van der Waals surface area contributed by atoms with Gasteiger partial charge in [0, 0.05) is 16.7 Å². The van der Waals surface area contributed by atoms with E-state index in [9.17, 15) is 27.7 Å². The molecule has 0 amide bonds. The van der Waals surface area contributed by atoms with Crippen molar-refractivity contribution in [3.05, 3.63) is 58.7 Å². The number of carbonyl (C=O) groups is 2. The van der Waals surface area contributed by atoms with Crippen LogP contribution >= 0.6 is 0 Å². The Morgan fingerprint density at radius 2 is 1.48 bits per heavy atom. The van der Waals surface area contributed by atoms with Crippen molar-refractivity contribution in [2.24, 2.45) is 0 Å². The summed E-state index contributed by atoms with van der Waals surface area (Å²) in [4.78, 5) is 24.8. The molecule has 2 aromatic rings. The van der Waals surface area contributed by atoms with Crippen molar-refractivity contribution in [3.8, 4) is 11.5 Å². The van der Waals surface area contributed by atoms with Crippen molar-refractivity contribution >= 4 is 22.0 Å². The van der Waals surface area contributed by atoms with Gasteiger partial charge in [0.25, 0.3) is 10.4 Å². The van der Waals surface area contributed by atoms with E-state index in [1.165, 1.54) is 24.3 Å². The molecule has 9 heteroatoms. The first-order valence-corrected chi connectivity index (χ1v) is 7.32. The predicted molar refractivity (Wildman–Crippen MR) is 71.7 cm³/mol. The van der Waals surface area contributed by atoms with Gasteiger partial charge in [-0.3, -0.25) is 9.59 Å². The zero-order valence-electron chi connectivity index (χ0n) is 11.8. The molecule has 0 bridgehead atoms. The number of hydrogen-bond donors (Lipinski definition) is 1. The maximum Gasteiger partial charge on any atom is 1.00 e. The minimum absolute atomic E-state index is 0. The van der Waals surface area contributed by atoms with E-state index in [0.29, 0.717) is 0 Å². The summed E-state index contributed by atoms with van der Waals surface area (Å²) in [6.45, 7) is 0. The van der Waals surface area contributed by atoms with Crippen LogP contribution in [-0.2, 0) is 10.4 Å². The second-order valence-electron chi connectivity index (χ2n) is 4.53. The monoisotopic (exact) mass is 342 g/mol. The summed E-state index contributed by atoms with van der Waals surface area (Å²) in [7, 11) is -5.22. The van der Waals surface area contributed by atoms with Gasteiger partial charge in [-0.25, -0.2) is 8.42 Å². The molecule has 0 radical (unpaired) electrons. The Labute approximate surface area is 153 Å². The van der Waals surface area contributed by atoms with Gasteiger partial charge >= 0.3 is 29.6 Å². The number of rotatable bonds is 2. The van der Waals surface area contributed by atoms with Crippen LogP contribution in [0.25, 0.3) is 0 Å². The molecular formula is C14H7NaO7S. The first kappa shape index (κ1) is 17.6. The van der Waals surface area contributed by atoms with Crippen molar-refractivity contribution in [3.63, 3.8) is 0 Å². The van der Waals surface area contributed by atoms with Crippen LogP contribution in [0.1, 0.15) is 31.8 Å². The van der Waals surface area contributed by atoms with Crippen LogP contribution in [0.5, 0.6) is 11.5 Å². The second-order valence-corrected chi connectivity index (χ2v) is 5.51. The summed E-state index contributed by atoms with van der Waals surface area (Å²) < 4.78 is 36.5. The molecule has 2 aromatic carbocycles. The molecule has 23 heavy (non-hydrogen) atoms. The van der Waals surface area contributed by atoms with E-state index in [-0.39, 0.29) is 46.2 Å². The van der Waals surface area contributed by atoms with Gasteiger partial charge in [-0.15, -0.1) is 0 Å². The molecule has 0 saturated heterocycles. The van der Waals surface area contributed by atoms with Crippen molar-refractivity contribution in [1.82, 2.24) is 0 Å². The van der Waals surface area contributed by atoms with Gasteiger partial charge in [0.1, 0.15) is 0 Å². The summed E-state index contributed by atoms with van der Waals surface area (Å²) in [5.74, 6) is -2.79. The molecule has 0 aromatic heterocycles. The fourth-order valence-electron chi connectivity index (χ4n) is 2.33. The van der Waals surface area contributed by atoms with Crippen molar-refractivity contribution in [2.75, 3.05) is 0 Å². The zero-order chi connectivity index (χ0) is 16.1. The van der Waals surface area contributed by atoms with Crippen LogP contribution < -0.4 is 33.7 Å². The summed E-state index contributed by atoms with van der Waals surface area (Å²) in [6, 6.07) is 8.11. The number of phenolic OH excluding ortho intramolecular Hbond substituents is 1. The Morgan fingerprint density at radius 3 is 2.04 bits per heavy atom. The van der Waals surface area contributed by atoms with Crippen LogP contribution in [0.4, 0.5) is 0 Å². The molecule has 1 aliphatic carbocycles. The number of phenols is 1. The number of fused-ring (bicyclic) bond motifs is 2. The summed E-state index contributed by atoms with van der Waals surface area (Å²) >= 11 is 0. The standard InChI is InChI=1S/C14H8O7S.Na/c15-10-6-5-9-11(14(10)21-22(18,19)20)13(17)8-4-2-1-3-7(8)12(9)16;/h1-6,15H,(H,18,19,20);/q;+1/p-1. The van der Waals surface area contributed by atoms with Gasteiger partial charge in [-0.05, 0) is 12.1 Å². The molecule has 7 nitrogen and oxygen atoms in total. The Bertz CT molecular complexity index is 934. The van der Waals surface area contributed by atoms with Crippen LogP contribution in [0.2, 0.25) is 0 Å². The second kappa shape index (κ2) is 6.06. The third-order valence-corrected chi connectivity index (χ3v) is 3.58. The van der Waals surface area contributed by atoms with Crippen LogP contribution in [0, 0.1) is 0 Å². The molecule has 0 heterocycles. The molecule has 0 fully saturated rings. The average Bonchev–Trinajstić information content (AvgIpc) is 2.45. The molecule has 1 N–H and O–H groups in total. The topological polar surface area (TPSA) is 121 Å². The maximum absolute atomic E-state index is 12.5. The van der Waals surface area contributed by atoms with E-state index < -0.39 is 39.0 Å². The van der Waals surface area contributed by atoms with E-state index in [4.69, 9.17) is 0 Å². The predicted octanol–water partition coefficient (Wildman–Crippen LogP) is -1.99. The van der Waals surface area contributed by atoms with Crippen molar-refractivity contribution in [2.45, 2.75) is 0 Å². The maximum atomic E-state index is 12.5. The molecule has 0 saturated carbocycles. The number of benzene rings is 2. The SMILES string of the molecule is O=C1c2ccccc2C(=O)c2c1ccc(O)c2OS(=O)(=O)[O-].[Na+]. The summed E-state index contributed by atoms with van der Waals surface area (Å²) in [6.07, 6.45) is 0. The smallest absolute Gasteiger partial charge is 0.716 e. The zero-order valence-corrected chi connectivity index (χ0v) is 14.6. The van der Waals surface area contributed by atoms with Gasteiger partial charge in [-0.2, -0.15) is 0 Å². The largest absolute Gasteiger partial charge is 1.00 e. The quantitative estimate of drug-likeness (QED) is 0.325. The Morgan fingerprint density at radius 1 is 0.913 bits per heavy atom. The molecule has 112 valence electrons. The molecule has 0 atom stereocenters. The van der Waals surface area contributed by atoms with Crippen LogP contribution in [-0.4, -0.2) is 29.6 Å². The normalized spacial score (nSPS) is 12.9. The third kappa shape index (κ3) is 3.04. The molecule has 3 rings (SSSR count). The number of aromatic hydroxyl groups is 1. The minimum Gasteiger partial charge on any atom is -0.716 e. The third-order valence-electron chi connectivity index (χ3n) is 3.21. The minimum atomic E-state index is -5.22. The molecular weight excluding hydrogens is 335 g/mol. The fraction of sp³-hybridized carbons (Fsp3) is 0. The van der Waals surface area contributed by atoms with Crippen LogP contribution in [0.15, 0.2) is 36.4 Å².